The quantitative estimate of drug-likeness (QED) is 0.675. The third-order valence-corrected chi connectivity index (χ3v) is 5.76. The SMILES string of the molecule is NC(CCC(=O)O)P(=O)(O)Cc1ccccc1-c1ccccc1. The fourth-order valence-electron chi connectivity index (χ4n) is 2.39. The molecule has 0 amide bonds. The summed E-state index contributed by atoms with van der Waals surface area (Å²) >= 11 is 0. The van der Waals surface area contributed by atoms with Crippen LogP contribution < -0.4 is 5.73 Å². The van der Waals surface area contributed by atoms with Crippen LogP contribution in [0, 0.1) is 0 Å². The van der Waals surface area contributed by atoms with E-state index >= 15 is 0 Å². The third kappa shape index (κ3) is 4.76. The van der Waals surface area contributed by atoms with E-state index in [2.05, 4.69) is 0 Å². The van der Waals surface area contributed by atoms with Crippen molar-refractivity contribution >= 4 is 13.3 Å². The van der Waals surface area contributed by atoms with E-state index in [9.17, 15) is 14.3 Å². The van der Waals surface area contributed by atoms with Gasteiger partial charge in [0.2, 0.25) is 7.37 Å². The maximum Gasteiger partial charge on any atom is 0.303 e. The van der Waals surface area contributed by atoms with Crippen LogP contribution >= 0.6 is 7.37 Å². The van der Waals surface area contributed by atoms with Crippen LogP contribution in [-0.4, -0.2) is 21.8 Å². The average Bonchev–Trinajstić information content (AvgIpc) is 2.53. The molecule has 4 N–H and O–H groups in total. The van der Waals surface area contributed by atoms with E-state index in [0.717, 1.165) is 16.7 Å². The molecule has 2 atom stereocenters. The second kappa shape index (κ2) is 7.55. The molecule has 0 fully saturated rings. The first kappa shape index (κ1) is 17.4. The molecule has 0 aliphatic heterocycles. The molecule has 0 aliphatic carbocycles. The van der Waals surface area contributed by atoms with E-state index in [1.807, 2.05) is 48.5 Å². The first-order chi connectivity index (χ1) is 10.9. The molecule has 2 rings (SSSR count). The Hall–Kier alpha value is -1.94. The molecule has 2 unspecified atom stereocenters. The van der Waals surface area contributed by atoms with Crippen LogP contribution in [-0.2, 0) is 15.5 Å². The molecule has 0 heterocycles. The summed E-state index contributed by atoms with van der Waals surface area (Å²) in [7, 11) is -3.69. The molecule has 122 valence electrons. The Balaban J connectivity index is 2.23. The van der Waals surface area contributed by atoms with Crippen LogP contribution in [0.25, 0.3) is 11.1 Å². The lowest BCUT2D eigenvalue weighted by Gasteiger charge is -2.20. The average molecular weight is 333 g/mol. The number of hydrogen-bond donors (Lipinski definition) is 3. The first-order valence-corrected chi connectivity index (χ1v) is 9.24. The predicted molar refractivity (Wildman–Crippen MR) is 90.3 cm³/mol. The normalized spacial score (nSPS) is 14.9. The van der Waals surface area contributed by atoms with Crippen LogP contribution in [0.5, 0.6) is 0 Å². The van der Waals surface area contributed by atoms with Crippen molar-refractivity contribution in [3.05, 3.63) is 60.2 Å². The van der Waals surface area contributed by atoms with E-state index in [1.54, 1.807) is 6.07 Å². The van der Waals surface area contributed by atoms with Crippen molar-refractivity contribution in [3.63, 3.8) is 0 Å². The monoisotopic (exact) mass is 333 g/mol. The Morgan fingerprint density at radius 3 is 2.35 bits per heavy atom. The van der Waals surface area contributed by atoms with Gasteiger partial charge in [-0.2, -0.15) is 0 Å². The zero-order valence-electron chi connectivity index (χ0n) is 12.6. The lowest BCUT2D eigenvalue weighted by Crippen LogP contribution is -2.22. The van der Waals surface area contributed by atoms with E-state index in [1.165, 1.54) is 0 Å². The third-order valence-electron chi connectivity index (χ3n) is 3.67. The molecular formula is C17H20NO4P. The van der Waals surface area contributed by atoms with Gasteiger partial charge in [0.05, 0.1) is 11.9 Å². The highest BCUT2D eigenvalue weighted by atomic mass is 31.2. The summed E-state index contributed by atoms with van der Waals surface area (Å²) in [5.41, 5.74) is 8.33. The van der Waals surface area contributed by atoms with Gasteiger partial charge in [0.15, 0.2) is 0 Å². The van der Waals surface area contributed by atoms with Gasteiger partial charge in [-0.1, -0.05) is 54.6 Å². The molecular weight excluding hydrogens is 313 g/mol. The smallest absolute Gasteiger partial charge is 0.303 e. The predicted octanol–water partition coefficient (Wildman–Crippen LogP) is 3.27. The molecule has 0 bridgehead atoms. The number of carboxylic acid groups (broad SMARTS) is 1. The molecule has 0 aliphatic rings. The van der Waals surface area contributed by atoms with Gasteiger partial charge >= 0.3 is 5.97 Å². The minimum Gasteiger partial charge on any atom is -0.481 e. The highest BCUT2D eigenvalue weighted by molar-refractivity contribution is 7.57. The Labute approximate surface area is 135 Å². The van der Waals surface area contributed by atoms with Crippen molar-refractivity contribution in [2.24, 2.45) is 5.73 Å². The summed E-state index contributed by atoms with van der Waals surface area (Å²) in [5, 5.41) is 8.68. The van der Waals surface area contributed by atoms with E-state index in [4.69, 9.17) is 10.8 Å². The lowest BCUT2D eigenvalue weighted by atomic mass is 10.0. The van der Waals surface area contributed by atoms with Gasteiger partial charge in [0, 0.05) is 6.42 Å². The molecule has 2 aromatic rings. The Bertz CT molecular complexity index is 718. The van der Waals surface area contributed by atoms with Crippen LogP contribution in [0.1, 0.15) is 18.4 Å². The zero-order valence-corrected chi connectivity index (χ0v) is 13.5. The van der Waals surface area contributed by atoms with Crippen LogP contribution in [0.3, 0.4) is 0 Å². The van der Waals surface area contributed by atoms with Crippen LogP contribution in [0.4, 0.5) is 0 Å². The van der Waals surface area contributed by atoms with Crippen molar-refractivity contribution in [2.45, 2.75) is 24.8 Å². The highest BCUT2D eigenvalue weighted by Gasteiger charge is 2.29. The summed E-state index contributed by atoms with van der Waals surface area (Å²) in [4.78, 5) is 20.9. The molecule has 0 spiro atoms. The summed E-state index contributed by atoms with van der Waals surface area (Å²) in [6.45, 7) is 0. The summed E-state index contributed by atoms with van der Waals surface area (Å²) in [5.74, 6) is -2.06. The van der Waals surface area contributed by atoms with Gasteiger partial charge in [-0.15, -0.1) is 0 Å². The van der Waals surface area contributed by atoms with Crippen molar-refractivity contribution < 1.29 is 19.4 Å². The zero-order chi connectivity index (χ0) is 16.9. The maximum absolute atomic E-state index is 12.5. The number of carbonyl (C=O) groups is 1. The fraction of sp³-hybridized carbons (Fsp3) is 0.235. The molecule has 0 radical (unpaired) electrons. The second-order valence-electron chi connectivity index (χ2n) is 5.44. The molecule has 0 aromatic heterocycles. The summed E-state index contributed by atoms with van der Waals surface area (Å²) < 4.78 is 12.5. The molecule has 5 nitrogen and oxygen atoms in total. The molecule has 0 saturated carbocycles. The van der Waals surface area contributed by atoms with Gasteiger partial charge in [0.1, 0.15) is 0 Å². The lowest BCUT2D eigenvalue weighted by molar-refractivity contribution is -0.137. The van der Waals surface area contributed by atoms with Crippen LogP contribution in [0.15, 0.2) is 54.6 Å². The molecule has 6 heteroatoms. The fourth-order valence-corrected chi connectivity index (χ4v) is 3.92. The van der Waals surface area contributed by atoms with E-state index in [0.29, 0.717) is 0 Å². The van der Waals surface area contributed by atoms with Crippen molar-refractivity contribution in [1.82, 2.24) is 0 Å². The standard InChI is InChI=1S/C17H20NO4P/c18-16(10-11-17(19)20)23(21,22)12-14-8-4-5-9-15(14)13-6-2-1-3-7-13/h1-9,16H,10-12,18H2,(H,19,20)(H,21,22). The van der Waals surface area contributed by atoms with E-state index < -0.39 is 19.1 Å². The van der Waals surface area contributed by atoms with E-state index in [-0.39, 0.29) is 19.0 Å². The van der Waals surface area contributed by atoms with Gasteiger partial charge in [0.25, 0.3) is 0 Å². The second-order valence-corrected chi connectivity index (χ2v) is 7.93. The Morgan fingerprint density at radius 2 is 1.70 bits per heavy atom. The van der Waals surface area contributed by atoms with Gasteiger partial charge in [-0.25, -0.2) is 0 Å². The van der Waals surface area contributed by atoms with Crippen molar-refractivity contribution in [3.8, 4) is 11.1 Å². The molecule has 0 saturated heterocycles. The number of carboxylic acids is 1. The number of aliphatic carboxylic acids is 1. The summed E-state index contributed by atoms with van der Waals surface area (Å²) in [6, 6.07) is 17.0. The minimum atomic E-state index is -3.69. The van der Waals surface area contributed by atoms with Crippen LogP contribution in [0.2, 0.25) is 0 Å². The van der Waals surface area contributed by atoms with Crippen molar-refractivity contribution in [2.75, 3.05) is 0 Å². The van der Waals surface area contributed by atoms with Crippen molar-refractivity contribution in [1.29, 1.82) is 0 Å². The topological polar surface area (TPSA) is 101 Å². The maximum atomic E-state index is 12.5. The number of benzene rings is 2. The minimum absolute atomic E-state index is 0.0172. The van der Waals surface area contributed by atoms with Gasteiger partial charge in [-0.05, 0) is 23.1 Å². The number of rotatable bonds is 7. The molecule has 23 heavy (non-hydrogen) atoms. The summed E-state index contributed by atoms with van der Waals surface area (Å²) in [6.07, 6.45) is -0.304. The molecule has 2 aromatic carbocycles. The highest BCUT2D eigenvalue weighted by Crippen LogP contribution is 2.50. The Kier molecular flexibility index (Phi) is 5.72. The van der Waals surface area contributed by atoms with Gasteiger partial charge in [-0.3, -0.25) is 9.36 Å². The Morgan fingerprint density at radius 1 is 1.09 bits per heavy atom. The number of hydrogen-bond acceptors (Lipinski definition) is 3. The first-order valence-electron chi connectivity index (χ1n) is 7.32. The largest absolute Gasteiger partial charge is 0.481 e. The number of nitrogens with two attached hydrogens (primary N) is 1. The van der Waals surface area contributed by atoms with Gasteiger partial charge < -0.3 is 15.7 Å².